The van der Waals surface area contributed by atoms with Crippen LogP contribution in [-0.2, 0) is 4.74 Å². The second-order valence-electron chi connectivity index (χ2n) is 2.92. The lowest BCUT2D eigenvalue weighted by molar-refractivity contribution is 0.122. The van der Waals surface area contributed by atoms with Gasteiger partial charge in [0.25, 0.3) is 0 Å². The highest BCUT2D eigenvalue weighted by Gasteiger charge is 2.13. The van der Waals surface area contributed by atoms with Crippen LogP contribution in [0.25, 0.3) is 0 Å². The van der Waals surface area contributed by atoms with Crippen LogP contribution in [0.4, 0.5) is 5.82 Å². The van der Waals surface area contributed by atoms with Gasteiger partial charge < -0.3 is 9.64 Å². The molecule has 90 valence electrons. The van der Waals surface area contributed by atoms with Crippen LogP contribution in [0.15, 0.2) is 6.07 Å². The molecule has 0 amide bonds. The summed E-state index contributed by atoms with van der Waals surface area (Å²) < 4.78 is 5.23. The van der Waals surface area contributed by atoms with E-state index in [1.165, 1.54) is 0 Å². The van der Waals surface area contributed by atoms with E-state index in [1.54, 1.807) is 6.07 Å². The van der Waals surface area contributed by atoms with Gasteiger partial charge in [0.1, 0.15) is 11.0 Å². The van der Waals surface area contributed by atoms with E-state index in [0.717, 1.165) is 18.9 Å². The Morgan fingerprint density at radius 3 is 2.38 bits per heavy atom. The van der Waals surface area contributed by atoms with Crippen molar-refractivity contribution in [2.45, 2.75) is 13.8 Å². The summed E-state index contributed by atoms with van der Waals surface area (Å²) in [6.07, 6.45) is 0. The Morgan fingerprint density at radius 1 is 1.19 bits per heavy atom. The van der Waals surface area contributed by atoms with E-state index < -0.39 is 0 Å². The van der Waals surface area contributed by atoms with Crippen molar-refractivity contribution in [2.75, 3.05) is 31.2 Å². The van der Waals surface area contributed by atoms with Gasteiger partial charge in [-0.3, -0.25) is 0 Å². The maximum atomic E-state index is 5.78. The molecule has 0 N–H and O–H groups in total. The van der Waals surface area contributed by atoms with Gasteiger partial charge in [0.05, 0.1) is 13.2 Å². The molecular weight excluding hydrogens is 249 g/mol. The predicted octanol–water partition coefficient (Wildman–Crippen LogP) is 2.65. The summed E-state index contributed by atoms with van der Waals surface area (Å²) in [4.78, 5) is 9.96. The molecule has 4 nitrogen and oxygen atoms in total. The Hall–Kier alpha value is -0.580. The van der Waals surface area contributed by atoms with Crippen LogP contribution in [0.5, 0.6) is 0 Å². The van der Waals surface area contributed by atoms with E-state index in [-0.39, 0.29) is 5.28 Å². The van der Waals surface area contributed by atoms with E-state index in [9.17, 15) is 0 Å². The maximum Gasteiger partial charge on any atom is 0.225 e. The third kappa shape index (κ3) is 3.77. The SMILES string of the molecule is CC.Clc1cc(N2CCOCC2)nc(Cl)n1. The first-order chi connectivity index (χ1) is 7.75. The number of hydrogen-bond donors (Lipinski definition) is 0. The van der Waals surface area contributed by atoms with E-state index in [4.69, 9.17) is 27.9 Å². The molecule has 0 radical (unpaired) electrons. The number of halogens is 2. The number of anilines is 1. The Bertz CT molecular complexity index is 310. The lowest BCUT2D eigenvalue weighted by Crippen LogP contribution is -2.36. The summed E-state index contributed by atoms with van der Waals surface area (Å²) in [5, 5.41) is 0.547. The fourth-order valence-electron chi connectivity index (χ4n) is 1.33. The molecule has 0 aliphatic carbocycles. The normalized spacial score (nSPS) is 15.4. The van der Waals surface area contributed by atoms with E-state index in [0.29, 0.717) is 18.4 Å². The second-order valence-corrected chi connectivity index (χ2v) is 3.64. The third-order valence-electron chi connectivity index (χ3n) is 1.99. The molecular formula is C10H15Cl2N3O. The van der Waals surface area contributed by atoms with Crippen LogP contribution >= 0.6 is 23.2 Å². The minimum Gasteiger partial charge on any atom is -0.378 e. The van der Waals surface area contributed by atoms with Crippen LogP contribution in [0.3, 0.4) is 0 Å². The van der Waals surface area contributed by atoms with Crippen LogP contribution in [0, 0.1) is 0 Å². The molecule has 0 atom stereocenters. The maximum absolute atomic E-state index is 5.78. The van der Waals surface area contributed by atoms with Crippen molar-refractivity contribution in [1.82, 2.24) is 9.97 Å². The van der Waals surface area contributed by atoms with E-state index in [1.807, 2.05) is 13.8 Å². The third-order valence-corrected chi connectivity index (χ3v) is 2.35. The highest BCUT2D eigenvalue weighted by Crippen LogP contribution is 2.18. The molecule has 0 saturated carbocycles. The smallest absolute Gasteiger partial charge is 0.225 e. The van der Waals surface area contributed by atoms with Gasteiger partial charge in [-0.15, -0.1) is 0 Å². The fourth-order valence-corrected chi connectivity index (χ4v) is 1.73. The molecule has 0 aromatic carbocycles. The minimum atomic E-state index is 0.180. The standard InChI is InChI=1S/C8H9Cl2N3O.C2H6/c9-6-5-7(12-8(10)11-6)13-1-3-14-4-2-13;1-2/h5H,1-4H2;1-2H3. The van der Waals surface area contributed by atoms with Gasteiger partial charge in [-0.1, -0.05) is 25.4 Å². The van der Waals surface area contributed by atoms with Gasteiger partial charge in [0.15, 0.2) is 0 Å². The average Bonchev–Trinajstić information content (AvgIpc) is 2.32. The molecule has 6 heteroatoms. The zero-order chi connectivity index (χ0) is 12.0. The molecule has 1 aliphatic heterocycles. The van der Waals surface area contributed by atoms with E-state index in [2.05, 4.69) is 14.9 Å². The van der Waals surface area contributed by atoms with Crippen LogP contribution in [0.2, 0.25) is 10.4 Å². The van der Waals surface area contributed by atoms with Crippen LogP contribution in [0.1, 0.15) is 13.8 Å². The number of hydrogen-bond acceptors (Lipinski definition) is 4. The Kier molecular flexibility index (Phi) is 5.80. The van der Waals surface area contributed by atoms with Crippen molar-refractivity contribution in [3.8, 4) is 0 Å². The summed E-state index contributed by atoms with van der Waals surface area (Å²) in [5.74, 6) is 0.762. The topological polar surface area (TPSA) is 38.2 Å². The predicted molar refractivity (Wildman–Crippen MR) is 66.4 cm³/mol. The first-order valence-corrected chi connectivity index (χ1v) is 6.04. The highest BCUT2D eigenvalue weighted by molar-refractivity contribution is 6.32. The molecule has 0 spiro atoms. The molecule has 16 heavy (non-hydrogen) atoms. The number of ether oxygens (including phenoxy) is 1. The molecule has 1 aliphatic rings. The van der Waals surface area contributed by atoms with Crippen LogP contribution < -0.4 is 4.90 Å². The highest BCUT2D eigenvalue weighted by atomic mass is 35.5. The lowest BCUT2D eigenvalue weighted by atomic mass is 10.4. The lowest BCUT2D eigenvalue weighted by Gasteiger charge is -2.27. The zero-order valence-corrected chi connectivity index (χ0v) is 10.9. The van der Waals surface area contributed by atoms with Crippen molar-refractivity contribution in [1.29, 1.82) is 0 Å². The van der Waals surface area contributed by atoms with Crippen molar-refractivity contribution >= 4 is 29.0 Å². The summed E-state index contributed by atoms with van der Waals surface area (Å²) in [7, 11) is 0. The molecule has 0 unspecified atom stereocenters. The number of rotatable bonds is 1. The second kappa shape index (κ2) is 6.89. The van der Waals surface area contributed by atoms with Crippen molar-refractivity contribution in [3.63, 3.8) is 0 Å². The Balaban J connectivity index is 0.000000606. The number of morpholine rings is 1. The first-order valence-electron chi connectivity index (χ1n) is 5.28. The molecule has 1 aromatic heterocycles. The molecule has 0 bridgehead atoms. The Morgan fingerprint density at radius 2 is 1.81 bits per heavy atom. The molecule has 2 rings (SSSR count). The molecule has 1 aromatic rings. The monoisotopic (exact) mass is 263 g/mol. The average molecular weight is 264 g/mol. The quantitative estimate of drug-likeness (QED) is 0.577. The first kappa shape index (κ1) is 13.5. The van der Waals surface area contributed by atoms with Crippen molar-refractivity contribution < 1.29 is 4.74 Å². The summed E-state index contributed by atoms with van der Waals surface area (Å²) >= 11 is 11.5. The van der Waals surface area contributed by atoms with E-state index >= 15 is 0 Å². The van der Waals surface area contributed by atoms with Gasteiger partial charge in [0.2, 0.25) is 5.28 Å². The Labute approximate surface area is 106 Å². The summed E-state index contributed by atoms with van der Waals surface area (Å²) in [6, 6.07) is 1.71. The number of nitrogens with zero attached hydrogens (tertiary/aromatic N) is 3. The van der Waals surface area contributed by atoms with Gasteiger partial charge in [-0.25, -0.2) is 9.97 Å². The van der Waals surface area contributed by atoms with Crippen LogP contribution in [-0.4, -0.2) is 36.3 Å². The number of aromatic nitrogens is 2. The van der Waals surface area contributed by atoms with Gasteiger partial charge in [0, 0.05) is 19.2 Å². The molecule has 1 saturated heterocycles. The minimum absolute atomic E-state index is 0.180. The van der Waals surface area contributed by atoms with Gasteiger partial charge >= 0.3 is 0 Å². The van der Waals surface area contributed by atoms with Crippen molar-refractivity contribution in [3.05, 3.63) is 16.5 Å². The molecule has 2 heterocycles. The zero-order valence-electron chi connectivity index (χ0n) is 9.41. The fraction of sp³-hybridized carbons (Fsp3) is 0.600. The van der Waals surface area contributed by atoms with Gasteiger partial charge in [-0.2, -0.15) is 0 Å². The largest absolute Gasteiger partial charge is 0.378 e. The summed E-state index contributed by atoms with van der Waals surface area (Å²) in [6.45, 7) is 7.03. The van der Waals surface area contributed by atoms with Crippen molar-refractivity contribution in [2.24, 2.45) is 0 Å². The summed E-state index contributed by atoms with van der Waals surface area (Å²) in [5.41, 5.74) is 0. The van der Waals surface area contributed by atoms with Gasteiger partial charge in [-0.05, 0) is 11.6 Å². The molecule has 1 fully saturated rings.